The molecule has 2 aromatic rings. The van der Waals surface area contributed by atoms with Crippen LogP contribution in [-0.2, 0) is 10.3 Å². The average molecular weight is 434 g/mol. The van der Waals surface area contributed by atoms with Gasteiger partial charge < -0.3 is 20.5 Å². The Labute approximate surface area is 176 Å². The van der Waals surface area contributed by atoms with Gasteiger partial charge in [0, 0.05) is 28.5 Å². The number of nitrogens with two attached hydrogens (primary N) is 1. The number of halogens is 2. The molecule has 2 aliphatic rings. The summed E-state index contributed by atoms with van der Waals surface area (Å²) in [4.78, 5) is 20.9. The molecule has 3 heterocycles. The van der Waals surface area contributed by atoms with Crippen molar-refractivity contribution in [1.82, 2.24) is 4.98 Å². The zero-order chi connectivity index (χ0) is 21.5. The summed E-state index contributed by atoms with van der Waals surface area (Å²) < 4.78 is 39.7. The van der Waals surface area contributed by atoms with Crippen LogP contribution in [0.2, 0.25) is 0 Å². The third-order valence-corrected chi connectivity index (χ3v) is 6.67. The molecule has 1 amide bonds. The van der Waals surface area contributed by atoms with Gasteiger partial charge in [-0.1, -0.05) is 18.7 Å². The monoisotopic (exact) mass is 434 g/mol. The lowest BCUT2D eigenvalue weighted by Gasteiger charge is -2.42. The molecule has 10 heteroatoms. The highest BCUT2D eigenvalue weighted by atomic mass is 32.2. The van der Waals surface area contributed by atoms with Crippen LogP contribution in [0.5, 0.6) is 5.75 Å². The predicted molar refractivity (Wildman–Crippen MR) is 110 cm³/mol. The molecule has 0 spiro atoms. The minimum Gasteiger partial charge on any atom is -0.495 e. The topological polar surface area (TPSA) is 98.8 Å². The number of aromatic nitrogens is 1. The van der Waals surface area contributed by atoms with E-state index in [1.807, 2.05) is 6.92 Å². The number of aliphatic imine (C=N–C) groups is 1. The molecule has 2 atom stereocenters. The summed E-state index contributed by atoms with van der Waals surface area (Å²) in [6.07, 6.45) is 1.24. The van der Waals surface area contributed by atoms with Crippen molar-refractivity contribution in [3.05, 3.63) is 53.4 Å². The quantitative estimate of drug-likeness (QED) is 0.768. The van der Waals surface area contributed by atoms with E-state index in [4.69, 9.17) is 15.2 Å². The zero-order valence-corrected chi connectivity index (χ0v) is 17.2. The Balaban J connectivity index is 1.69. The van der Waals surface area contributed by atoms with E-state index in [2.05, 4.69) is 15.3 Å². The fourth-order valence-electron chi connectivity index (χ4n) is 3.77. The van der Waals surface area contributed by atoms with Gasteiger partial charge in [0.1, 0.15) is 17.1 Å². The van der Waals surface area contributed by atoms with Crippen molar-refractivity contribution in [2.24, 2.45) is 16.1 Å². The number of thioether (sulfide) groups is 1. The highest BCUT2D eigenvalue weighted by molar-refractivity contribution is 8.13. The van der Waals surface area contributed by atoms with E-state index in [1.54, 1.807) is 0 Å². The van der Waals surface area contributed by atoms with E-state index >= 15 is 0 Å². The highest BCUT2D eigenvalue weighted by Gasteiger charge is 2.57. The second-order valence-corrected chi connectivity index (χ2v) is 8.50. The molecular weight excluding hydrogens is 414 g/mol. The van der Waals surface area contributed by atoms with Crippen LogP contribution in [0.25, 0.3) is 0 Å². The van der Waals surface area contributed by atoms with Crippen molar-refractivity contribution >= 4 is 28.5 Å². The molecule has 7 nitrogen and oxygen atoms in total. The second-order valence-electron chi connectivity index (χ2n) is 7.51. The molecule has 0 bridgehead atoms. The number of ether oxygens (including phenoxy) is 2. The van der Waals surface area contributed by atoms with Gasteiger partial charge in [0.2, 0.25) is 0 Å². The minimum absolute atomic E-state index is 0.174. The molecular formula is C20H20F2N4O3S. The van der Waals surface area contributed by atoms with Crippen LogP contribution in [0.1, 0.15) is 23.0 Å². The molecule has 0 unspecified atom stereocenters. The van der Waals surface area contributed by atoms with Crippen LogP contribution in [-0.4, -0.2) is 42.1 Å². The molecule has 1 saturated heterocycles. The van der Waals surface area contributed by atoms with Crippen molar-refractivity contribution in [1.29, 1.82) is 0 Å². The fraction of sp³-hybridized carbons (Fsp3) is 0.350. The number of hydrogen-bond acceptors (Lipinski definition) is 7. The summed E-state index contributed by atoms with van der Waals surface area (Å²) in [6.45, 7) is 2.56. The van der Waals surface area contributed by atoms with E-state index in [9.17, 15) is 13.6 Å². The third kappa shape index (κ3) is 3.29. The van der Waals surface area contributed by atoms with Crippen molar-refractivity contribution in [2.75, 3.05) is 31.4 Å². The molecule has 0 aliphatic carbocycles. The highest BCUT2D eigenvalue weighted by Crippen LogP contribution is 2.53. The second kappa shape index (κ2) is 7.51. The summed E-state index contributed by atoms with van der Waals surface area (Å²) in [5.74, 6) is -1.26. The van der Waals surface area contributed by atoms with Crippen LogP contribution in [0, 0.1) is 17.0 Å². The number of pyridine rings is 1. The summed E-state index contributed by atoms with van der Waals surface area (Å²) in [7, 11) is 1.37. The number of benzene rings is 1. The fourth-order valence-corrected chi connectivity index (χ4v) is 4.78. The molecule has 0 saturated carbocycles. The number of nitrogens with zero attached hydrogens (tertiary/aromatic N) is 2. The van der Waals surface area contributed by atoms with Gasteiger partial charge in [-0.05, 0) is 18.2 Å². The SMILES string of the molecule is COc1cnc(C(=O)Nc2ccc(F)c([C@]34COC[C@@]3(C)CSC(N)=N4)c2)c(F)c1. The van der Waals surface area contributed by atoms with Crippen molar-refractivity contribution in [2.45, 2.75) is 12.5 Å². The average Bonchev–Trinajstić information content (AvgIpc) is 3.06. The van der Waals surface area contributed by atoms with Gasteiger partial charge in [0.05, 0.1) is 26.5 Å². The maximum atomic E-state index is 14.9. The zero-order valence-electron chi connectivity index (χ0n) is 16.4. The van der Waals surface area contributed by atoms with Gasteiger partial charge in [0.25, 0.3) is 5.91 Å². The molecule has 1 aromatic heterocycles. The Morgan fingerprint density at radius 1 is 1.30 bits per heavy atom. The number of nitrogens with one attached hydrogen (secondary N) is 1. The van der Waals surface area contributed by atoms with Gasteiger partial charge in [-0.2, -0.15) is 0 Å². The maximum Gasteiger partial charge on any atom is 0.277 e. The Kier molecular flexibility index (Phi) is 5.15. The molecule has 2 aliphatic heterocycles. The minimum atomic E-state index is -1.00. The van der Waals surface area contributed by atoms with Crippen LogP contribution in [0.4, 0.5) is 14.5 Å². The first-order valence-electron chi connectivity index (χ1n) is 9.15. The molecule has 3 N–H and O–H groups in total. The summed E-state index contributed by atoms with van der Waals surface area (Å²) in [5, 5.41) is 2.93. The Bertz CT molecular complexity index is 1050. The summed E-state index contributed by atoms with van der Waals surface area (Å²) >= 11 is 1.40. The summed E-state index contributed by atoms with van der Waals surface area (Å²) in [5.41, 5.74) is 4.65. The first-order chi connectivity index (χ1) is 14.3. The molecule has 1 aromatic carbocycles. The van der Waals surface area contributed by atoms with E-state index in [1.165, 1.54) is 43.3 Å². The van der Waals surface area contributed by atoms with Gasteiger partial charge in [-0.3, -0.25) is 4.79 Å². The Morgan fingerprint density at radius 2 is 2.10 bits per heavy atom. The number of rotatable bonds is 4. The van der Waals surface area contributed by atoms with Crippen molar-refractivity contribution < 1.29 is 23.0 Å². The smallest absolute Gasteiger partial charge is 0.277 e. The van der Waals surface area contributed by atoms with E-state index in [-0.39, 0.29) is 23.6 Å². The molecule has 1 fully saturated rings. The van der Waals surface area contributed by atoms with Crippen LogP contribution >= 0.6 is 11.8 Å². The standard InChI is InChI=1S/C20H20F2N4O3S/c1-19-8-29-9-20(19,26-18(23)30-10-19)13-5-11(3-4-14(13)21)25-17(27)16-15(22)6-12(28-2)7-24-16/h3-7H,8-10H2,1-2H3,(H2,23,26)(H,25,27)/t19-,20+/m0/s1. The number of hydrogen-bond donors (Lipinski definition) is 2. The normalized spacial score (nSPS) is 25.4. The number of fused-ring (bicyclic) bond motifs is 1. The van der Waals surface area contributed by atoms with Crippen LogP contribution in [0.15, 0.2) is 35.5 Å². The van der Waals surface area contributed by atoms with Crippen molar-refractivity contribution in [3.8, 4) is 5.75 Å². The maximum absolute atomic E-state index is 14.9. The number of carbonyl (C=O) groups is 1. The molecule has 158 valence electrons. The lowest BCUT2D eigenvalue weighted by atomic mass is 9.70. The lowest BCUT2D eigenvalue weighted by Crippen LogP contribution is -2.48. The summed E-state index contributed by atoms with van der Waals surface area (Å²) in [6, 6.07) is 5.19. The van der Waals surface area contributed by atoms with Gasteiger partial charge >= 0.3 is 0 Å². The number of anilines is 1. The van der Waals surface area contributed by atoms with Gasteiger partial charge in [-0.25, -0.2) is 18.8 Å². The van der Waals surface area contributed by atoms with E-state index < -0.39 is 34.2 Å². The van der Waals surface area contributed by atoms with E-state index in [0.29, 0.717) is 17.5 Å². The molecule has 0 radical (unpaired) electrons. The number of amides is 1. The third-order valence-electron chi connectivity index (χ3n) is 5.51. The van der Waals surface area contributed by atoms with Crippen LogP contribution < -0.4 is 15.8 Å². The van der Waals surface area contributed by atoms with Gasteiger partial charge in [0.15, 0.2) is 16.7 Å². The number of amidine groups is 1. The first-order valence-corrected chi connectivity index (χ1v) is 10.1. The number of carbonyl (C=O) groups excluding carboxylic acids is 1. The van der Waals surface area contributed by atoms with Crippen molar-refractivity contribution in [3.63, 3.8) is 0 Å². The number of methoxy groups -OCH3 is 1. The first kappa shape index (κ1) is 20.5. The molecule has 30 heavy (non-hydrogen) atoms. The predicted octanol–water partition coefficient (Wildman–Crippen LogP) is 2.91. The Morgan fingerprint density at radius 3 is 2.83 bits per heavy atom. The van der Waals surface area contributed by atoms with E-state index in [0.717, 1.165) is 6.07 Å². The van der Waals surface area contributed by atoms with Gasteiger partial charge in [-0.15, -0.1) is 0 Å². The molecule has 4 rings (SSSR count). The van der Waals surface area contributed by atoms with Crippen LogP contribution in [0.3, 0.4) is 0 Å². The largest absolute Gasteiger partial charge is 0.495 e. The Hall–Kier alpha value is -2.72. The lowest BCUT2D eigenvalue weighted by molar-refractivity contribution is 0.101.